The molecule has 180 valence electrons. The van der Waals surface area contributed by atoms with Crippen molar-refractivity contribution in [3.63, 3.8) is 0 Å². The Morgan fingerprint density at radius 3 is 2.57 bits per heavy atom. The fourth-order valence-corrected chi connectivity index (χ4v) is 5.65. The first-order valence-electron chi connectivity index (χ1n) is 12.5. The van der Waals surface area contributed by atoms with Crippen molar-refractivity contribution in [2.24, 2.45) is 5.92 Å². The number of piperidine rings is 1. The molecule has 2 aliphatic rings. The molecule has 6 nitrogen and oxygen atoms in total. The maximum absolute atomic E-state index is 14.0. The van der Waals surface area contributed by atoms with E-state index >= 15 is 0 Å². The van der Waals surface area contributed by atoms with Crippen molar-refractivity contribution in [2.45, 2.75) is 37.6 Å². The maximum atomic E-state index is 14.0. The maximum Gasteiger partial charge on any atom is 0.253 e. The lowest BCUT2D eigenvalue weighted by atomic mass is 9.86. The number of nitrogens with zero attached hydrogens (tertiary/aromatic N) is 4. The number of benzene rings is 2. The first-order chi connectivity index (χ1) is 17.0. The second-order valence-corrected chi connectivity index (χ2v) is 10.2. The molecule has 1 saturated heterocycles. The van der Waals surface area contributed by atoms with Gasteiger partial charge in [0.1, 0.15) is 11.6 Å². The molecule has 6 rings (SSSR count). The van der Waals surface area contributed by atoms with Gasteiger partial charge in [0.05, 0.1) is 22.6 Å². The topological polar surface area (TPSA) is 65.1 Å². The highest BCUT2D eigenvalue weighted by Crippen LogP contribution is 2.46. The highest BCUT2D eigenvalue weighted by atomic mass is 19.1. The number of carbonyl (C=O) groups is 1. The molecular weight excluding hydrogens is 441 g/mol. The lowest BCUT2D eigenvalue weighted by Crippen LogP contribution is -2.37. The number of imidazole rings is 1. The second-order valence-electron chi connectivity index (χ2n) is 10.2. The quantitative estimate of drug-likeness (QED) is 0.430. The fourth-order valence-electron chi connectivity index (χ4n) is 5.65. The van der Waals surface area contributed by atoms with Gasteiger partial charge in [0.2, 0.25) is 0 Å². The van der Waals surface area contributed by atoms with Gasteiger partial charge in [-0.15, -0.1) is 0 Å². The van der Waals surface area contributed by atoms with Gasteiger partial charge < -0.3 is 9.88 Å². The number of hydrogen-bond donors (Lipinski definition) is 1. The van der Waals surface area contributed by atoms with Crippen LogP contribution in [0.25, 0.3) is 21.9 Å². The third kappa shape index (κ3) is 4.18. The van der Waals surface area contributed by atoms with E-state index in [1.54, 1.807) is 31.1 Å². The van der Waals surface area contributed by atoms with Gasteiger partial charge in [-0.3, -0.25) is 14.7 Å². The highest BCUT2D eigenvalue weighted by Gasteiger charge is 2.39. The first kappa shape index (κ1) is 22.2. The van der Waals surface area contributed by atoms with Crippen LogP contribution in [0.5, 0.6) is 0 Å². The van der Waals surface area contributed by atoms with Crippen molar-refractivity contribution in [1.29, 1.82) is 0 Å². The molecule has 2 aromatic carbocycles. The molecule has 0 radical (unpaired) electrons. The summed E-state index contributed by atoms with van der Waals surface area (Å²) in [6, 6.07) is 12.9. The van der Waals surface area contributed by atoms with E-state index < -0.39 is 0 Å². The van der Waals surface area contributed by atoms with Crippen LogP contribution in [0.1, 0.15) is 59.4 Å². The van der Waals surface area contributed by atoms with Crippen molar-refractivity contribution >= 4 is 27.8 Å². The molecule has 1 amide bonds. The Morgan fingerprint density at radius 1 is 1.06 bits per heavy atom. The van der Waals surface area contributed by atoms with Crippen molar-refractivity contribution in [3.8, 4) is 0 Å². The molecule has 0 bridgehead atoms. The van der Waals surface area contributed by atoms with E-state index in [0.29, 0.717) is 17.4 Å². The summed E-state index contributed by atoms with van der Waals surface area (Å²) in [6.07, 6.45) is 6.35. The number of fused-ring (bicyclic) bond motifs is 2. The van der Waals surface area contributed by atoms with E-state index in [1.807, 2.05) is 24.4 Å². The van der Waals surface area contributed by atoms with Crippen LogP contribution in [0.4, 0.5) is 4.39 Å². The molecule has 2 aromatic heterocycles. The molecule has 1 atom stereocenters. The summed E-state index contributed by atoms with van der Waals surface area (Å²) in [5.41, 5.74) is 4.55. The number of pyridine rings is 1. The molecule has 1 aliphatic heterocycles. The summed E-state index contributed by atoms with van der Waals surface area (Å²) in [7, 11) is 3.53. The minimum Gasteiger partial charge on any atom is -0.345 e. The Bertz CT molecular complexity index is 1400. The monoisotopic (exact) mass is 471 g/mol. The predicted octanol–water partition coefficient (Wildman–Crippen LogP) is 5.28. The Balaban J connectivity index is 1.24. The molecule has 1 saturated carbocycles. The summed E-state index contributed by atoms with van der Waals surface area (Å²) >= 11 is 0. The van der Waals surface area contributed by atoms with Gasteiger partial charge in [-0.2, -0.15) is 0 Å². The molecule has 1 N–H and O–H groups in total. The molecule has 7 heteroatoms. The third-order valence-electron chi connectivity index (χ3n) is 7.60. The summed E-state index contributed by atoms with van der Waals surface area (Å²) < 4.78 is 14.0. The zero-order valence-electron chi connectivity index (χ0n) is 20.2. The van der Waals surface area contributed by atoms with Crippen LogP contribution < -0.4 is 0 Å². The van der Waals surface area contributed by atoms with Crippen molar-refractivity contribution in [3.05, 3.63) is 71.4 Å². The summed E-state index contributed by atoms with van der Waals surface area (Å²) in [5.74, 6) is 1.80. The van der Waals surface area contributed by atoms with Crippen LogP contribution in [0, 0.1) is 11.7 Å². The Kier molecular flexibility index (Phi) is 5.52. The number of carbonyl (C=O) groups excluding carboxylic acids is 1. The summed E-state index contributed by atoms with van der Waals surface area (Å²) in [4.78, 5) is 29.5. The van der Waals surface area contributed by atoms with E-state index in [9.17, 15) is 9.18 Å². The van der Waals surface area contributed by atoms with E-state index in [4.69, 9.17) is 4.98 Å². The number of halogens is 1. The molecular formula is C28H30FN5O. The molecule has 4 aromatic rings. The number of hydrogen-bond acceptors (Lipinski definition) is 4. The zero-order valence-corrected chi connectivity index (χ0v) is 20.2. The van der Waals surface area contributed by atoms with Crippen LogP contribution in [0.2, 0.25) is 0 Å². The molecule has 0 spiro atoms. The summed E-state index contributed by atoms with van der Waals surface area (Å²) in [6.45, 7) is 1.96. The number of amides is 1. The molecule has 2 fully saturated rings. The van der Waals surface area contributed by atoms with Gasteiger partial charge in [-0.1, -0.05) is 0 Å². The number of likely N-dealkylation sites (tertiary alicyclic amines) is 1. The first-order valence-corrected chi connectivity index (χ1v) is 12.5. The van der Waals surface area contributed by atoms with Crippen LogP contribution in [-0.4, -0.2) is 57.8 Å². The van der Waals surface area contributed by atoms with E-state index in [1.165, 1.54) is 24.5 Å². The van der Waals surface area contributed by atoms with Crippen molar-refractivity contribution < 1.29 is 9.18 Å². The average molecular weight is 472 g/mol. The van der Waals surface area contributed by atoms with Crippen LogP contribution in [0.3, 0.4) is 0 Å². The van der Waals surface area contributed by atoms with E-state index in [-0.39, 0.29) is 17.8 Å². The minimum absolute atomic E-state index is 0.00705. The number of rotatable bonds is 5. The SMILES string of the molecule is CN(C)C(=O)c1ccc2nc(C(C3CC3)N3CCC(c4ccnc5ccc(F)cc45)CC3)[nH]c2c1. The predicted molar refractivity (Wildman–Crippen MR) is 135 cm³/mol. The fraction of sp³-hybridized carbons (Fsp3) is 0.393. The molecule has 1 aliphatic carbocycles. The Morgan fingerprint density at radius 2 is 1.83 bits per heavy atom. The van der Waals surface area contributed by atoms with Gasteiger partial charge in [0.25, 0.3) is 5.91 Å². The lowest BCUT2D eigenvalue weighted by Gasteiger charge is -2.37. The van der Waals surface area contributed by atoms with E-state index in [0.717, 1.165) is 53.7 Å². The lowest BCUT2D eigenvalue weighted by molar-refractivity contribution is 0.0827. The standard InChI is InChI=1S/C28H30FN5O/c1-33(2)28(35)19-5-7-24-25(15-19)32-27(31-24)26(18-3-4-18)34-13-10-17(11-14-34)21-9-12-30-23-8-6-20(29)16-22(21)23/h5-9,12,15-18,26H,3-4,10-11,13-14H2,1-2H3,(H,31,32). The normalized spacial score (nSPS) is 18.3. The van der Waals surface area contributed by atoms with Crippen LogP contribution >= 0.6 is 0 Å². The van der Waals surface area contributed by atoms with Crippen molar-refractivity contribution in [2.75, 3.05) is 27.2 Å². The minimum atomic E-state index is -0.210. The number of aromatic amines is 1. The summed E-state index contributed by atoms with van der Waals surface area (Å²) in [5, 5.41) is 0.935. The highest BCUT2D eigenvalue weighted by molar-refractivity contribution is 5.97. The number of H-pyrrole nitrogens is 1. The number of aromatic nitrogens is 3. The van der Waals surface area contributed by atoms with Crippen molar-refractivity contribution in [1.82, 2.24) is 24.8 Å². The van der Waals surface area contributed by atoms with Gasteiger partial charge >= 0.3 is 0 Å². The zero-order chi connectivity index (χ0) is 24.1. The molecule has 3 heterocycles. The second kappa shape index (κ2) is 8.72. The van der Waals surface area contributed by atoms with Crippen LogP contribution in [-0.2, 0) is 0 Å². The smallest absolute Gasteiger partial charge is 0.253 e. The van der Waals surface area contributed by atoms with Gasteiger partial charge in [-0.05, 0) is 98.6 Å². The van der Waals surface area contributed by atoms with E-state index in [2.05, 4.69) is 20.9 Å². The van der Waals surface area contributed by atoms with Crippen LogP contribution in [0.15, 0.2) is 48.7 Å². The molecule has 35 heavy (non-hydrogen) atoms. The number of nitrogens with one attached hydrogen (secondary N) is 1. The Labute approximate surface area is 204 Å². The van der Waals surface area contributed by atoms with Gasteiger partial charge in [0, 0.05) is 31.2 Å². The third-order valence-corrected chi connectivity index (χ3v) is 7.60. The largest absolute Gasteiger partial charge is 0.345 e. The Hall–Kier alpha value is -3.32. The van der Waals surface area contributed by atoms with Gasteiger partial charge in [-0.25, -0.2) is 9.37 Å². The molecule has 1 unspecified atom stereocenters. The van der Waals surface area contributed by atoms with Gasteiger partial charge in [0.15, 0.2) is 0 Å². The average Bonchev–Trinajstić information content (AvgIpc) is 3.61.